The highest BCUT2D eigenvalue weighted by Gasteiger charge is 1.93. The zero-order valence-electron chi connectivity index (χ0n) is 7.55. The first kappa shape index (κ1) is 12.9. The lowest BCUT2D eigenvalue weighted by Gasteiger charge is -1.97. The molecule has 0 atom stereocenters. The topological polar surface area (TPSA) is 77.8 Å². The SMILES string of the molecule is C=CCc1ccccc1O.O=[PH](O)O. The van der Waals surface area contributed by atoms with Crippen molar-refractivity contribution < 1.29 is 19.5 Å². The van der Waals surface area contributed by atoms with Crippen LogP contribution in [-0.2, 0) is 11.0 Å². The number of hydrogen-bond acceptors (Lipinski definition) is 2. The molecule has 3 N–H and O–H groups in total. The van der Waals surface area contributed by atoms with Crippen molar-refractivity contribution >= 4 is 8.25 Å². The lowest BCUT2D eigenvalue weighted by molar-refractivity contribution is 0.405. The van der Waals surface area contributed by atoms with Crippen LogP contribution in [0, 0.1) is 0 Å². The third-order valence-electron chi connectivity index (χ3n) is 1.36. The fraction of sp³-hybridized carbons (Fsp3) is 0.111. The maximum Gasteiger partial charge on any atom is 0.314 e. The van der Waals surface area contributed by atoms with Crippen LogP contribution in [0.1, 0.15) is 5.56 Å². The molecule has 0 aromatic heterocycles. The van der Waals surface area contributed by atoms with E-state index in [0.717, 1.165) is 12.0 Å². The predicted octanol–water partition coefficient (Wildman–Crippen LogP) is 1.48. The Balaban J connectivity index is 0.000000364. The molecular weight excluding hydrogens is 203 g/mol. The van der Waals surface area contributed by atoms with Crippen LogP contribution in [0.4, 0.5) is 0 Å². The Kier molecular flexibility index (Phi) is 6.76. The number of phenolic OH excluding ortho intramolecular Hbond substituents is 1. The number of para-hydroxylation sites is 1. The zero-order valence-corrected chi connectivity index (χ0v) is 8.55. The average Bonchev–Trinajstić information content (AvgIpc) is 2.08. The molecule has 0 aliphatic heterocycles. The van der Waals surface area contributed by atoms with Gasteiger partial charge in [0.1, 0.15) is 5.75 Å². The van der Waals surface area contributed by atoms with Gasteiger partial charge in [-0.2, -0.15) is 0 Å². The molecule has 0 aliphatic carbocycles. The van der Waals surface area contributed by atoms with Gasteiger partial charge in [0.2, 0.25) is 0 Å². The smallest absolute Gasteiger partial charge is 0.314 e. The van der Waals surface area contributed by atoms with E-state index in [2.05, 4.69) is 6.58 Å². The Morgan fingerprint density at radius 3 is 2.29 bits per heavy atom. The lowest BCUT2D eigenvalue weighted by atomic mass is 10.1. The number of phenols is 1. The van der Waals surface area contributed by atoms with Crippen LogP contribution in [-0.4, -0.2) is 14.9 Å². The normalized spacial score (nSPS) is 9.07. The molecule has 0 saturated carbocycles. The molecule has 14 heavy (non-hydrogen) atoms. The fourth-order valence-electron chi connectivity index (χ4n) is 0.839. The highest BCUT2D eigenvalue weighted by molar-refractivity contribution is 7.30. The second kappa shape index (κ2) is 7.33. The number of benzene rings is 1. The van der Waals surface area contributed by atoms with E-state index in [9.17, 15) is 5.11 Å². The van der Waals surface area contributed by atoms with Gasteiger partial charge in [-0.3, -0.25) is 4.57 Å². The predicted molar refractivity (Wildman–Crippen MR) is 55.4 cm³/mol. The van der Waals surface area contributed by atoms with Crippen LogP contribution < -0.4 is 0 Å². The second-order valence-electron chi connectivity index (χ2n) is 2.40. The summed E-state index contributed by atoms with van der Waals surface area (Å²) < 4.78 is 8.74. The van der Waals surface area contributed by atoms with Crippen molar-refractivity contribution in [1.29, 1.82) is 0 Å². The monoisotopic (exact) mass is 216 g/mol. The molecule has 0 radical (unpaired) electrons. The van der Waals surface area contributed by atoms with Crippen LogP contribution >= 0.6 is 8.25 Å². The van der Waals surface area contributed by atoms with Crippen LogP contribution in [0.25, 0.3) is 0 Å². The summed E-state index contributed by atoms with van der Waals surface area (Å²) in [7, 11) is -3.13. The van der Waals surface area contributed by atoms with Crippen LogP contribution in [0.15, 0.2) is 36.9 Å². The molecule has 5 heteroatoms. The van der Waals surface area contributed by atoms with Gasteiger partial charge >= 0.3 is 8.25 Å². The summed E-state index contributed by atoms with van der Waals surface area (Å²) in [5, 5.41) is 9.19. The van der Waals surface area contributed by atoms with Gasteiger partial charge in [0.25, 0.3) is 0 Å². The molecule has 0 unspecified atom stereocenters. The average molecular weight is 216 g/mol. The molecular formula is C9H13O4P. The van der Waals surface area contributed by atoms with Gasteiger partial charge in [0.05, 0.1) is 0 Å². The van der Waals surface area contributed by atoms with Crippen molar-refractivity contribution in [3.8, 4) is 5.75 Å². The summed E-state index contributed by atoms with van der Waals surface area (Å²) >= 11 is 0. The van der Waals surface area contributed by atoms with Crippen molar-refractivity contribution in [3.05, 3.63) is 42.5 Å². The Hall–Kier alpha value is -1.09. The molecule has 0 bridgehead atoms. The molecule has 0 spiro atoms. The van der Waals surface area contributed by atoms with E-state index in [1.54, 1.807) is 12.1 Å². The molecule has 1 aromatic rings. The molecule has 0 fully saturated rings. The van der Waals surface area contributed by atoms with Crippen LogP contribution in [0.3, 0.4) is 0 Å². The lowest BCUT2D eigenvalue weighted by Crippen LogP contribution is -1.79. The molecule has 1 aromatic carbocycles. The van der Waals surface area contributed by atoms with E-state index in [-0.39, 0.29) is 0 Å². The summed E-state index contributed by atoms with van der Waals surface area (Å²) in [5.41, 5.74) is 0.928. The molecule has 0 saturated heterocycles. The Morgan fingerprint density at radius 1 is 1.36 bits per heavy atom. The first-order chi connectivity index (χ1) is 6.57. The molecule has 4 nitrogen and oxygen atoms in total. The number of allylic oxidation sites excluding steroid dienone is 1. The minimum Gasteiger partial charge on any atom is -0.508 e. The van der Waals surface area contributed by atoms with Crippen LogP contribution in [0.2, 0.25) is 0 Å². The summed E-state index contributed by atoms with van der Waals surface area (Å²) in [5.74, 6) is 0.349. The Morgan fingerprint density at radius 2 is 1.86 bits per heavy atom. The van der Waals surface area contributed by atoms with Crippen molar-refractivity contribution in [3.63, 3.8) is 0 Å². The van der Waals surface area contributed by atoms with Crippen LogP contribution in [0.5, 0.6) is 5.75 Å². The van der Waals surface area contributed by atoms with E-state index in [1.807, 2.05) is 18.2 Å². The molecule has 1 rings (SSSR count). The van der Waals surface area contributed by atoms with Gasteiger partial charge in [-0.25, -0.2) is 0 Å². The number of rotatable bonds is 2. The van der Waals surface area contributed by atoms with Gasteiger partial charge in [-0.15, -0.1) is 6.58 Å². The minimum atomic E-state index is -3.13. The third kappa shape index (κ3) is 6.43. The van der Waals surface area contributed by atoms with E-state index in [1.165, 1.54) is 0 Å². The van der Waals surface area contributed by atoms with E-state index < -0.39 is 8.25 Å². The van der Waals surface area contributed by atoms with E-state index in [4.69, 9.17) is 14.4 Å². The molecule has 0 aliphatic rings. The van der Waals surface area contributed by atoms with Gasteiger partial charge < -0.3 is 14.9 Å². The Bertz CT molecular complexity index is 307. The molecule has 78 valence electrons. The first-order valence-corrected chi connectivity index (χ1v) is 5.18. The summed E-state index contributed by atoms with van der Waals surface area (Å²) in [4.78, 5) is 14.3. The van der Waals surface area contributed by atoms with E-state index >= 15 is 0 Å². The van der Waals surface area contributed by atoms with Crippen molar-refractivity contribution in [2.75, 3.05) is 0 Å². The Labute approximate surface area is 83.1 Å². The van der Waals surface area contributed by atoms with Crippen molar-refractivity contribution in [2.24, 2.45) is 0 Å². The summed E-state index contributed by atoms with van der Waals surface area (Å²) in [6.45, 7) is 3.59. The second-order valence-corrected chi connectivity index (χ2v) is 2.97. The number of aromatic hydroxyl groups is 1. The minimum absolute atomic E-state index is 0.349. The van der Waals surface area contributed by atoms with Gasteiger partial charge in [-0.05, 0) is 18.1 Å². The van der Waals surface area contributed by atoms with Gasteiger partial charge in [0, 0.05) is 0 Å². The first-order valence-electron chi connectivity index (χ1n) is 3.87. The number of hydrogen-bond donors (Lipinski definition) is 3. The third-order valence-corrected chi connectivity index (χ3v) is 1.36. The molecule has 0 heterocycles. The maximum atomic E-state index is 9.19. The highest BCUT2D eigenvalue weighted by Crippen LogP contribution is 2.15. The van der Waals surface area contributed by atoms with Gasteiger partial charge in [0.15, 0.2) is 0 Å². The van der Waals surface area contributed by atoms with Gasteiger partial charge in [-0.1, -0.05) is 24.3 Å². The van der Waals surface area contributed by atoms with Crippen molar-refractivity contribution in [2.45, 2.75) is 6.42 Å². The standard InChI is InChI=1S/C9H10O.H3O3P/c1-2-5-8-6-3-4-7-9(8)10;1-4(2)3/h2-4,6-7,10H,1,5H2;4H,(H2,1,2,3). The zero-order chi connectivity index (χ0) is 11.0. The fourth-order valence-corrected chi connectivity index (χ4v) is 0.839. The quantitative estimate of drug-likeness (QED) is 0.517. The molecule has 0 amide bonds. The summed E-state index contributed by atoms with van der Waals surface area (Å²) in [6.07, 6.45) is 2.50. The van der Waals surface area contributed by atoms with E-state index in [0.29, 0.717) is 5.75 Å². The largest absolute Gasteiger partial charge is 0.508 e. The summed E-state index contributed by atoms with van der Waals surface area (Å²) in [6, 6.07) is 7.27. The maximum absolute atomic E-state index is 9.19. The highest BCUT2D eigenvalue weighted by atomic mass is 31.1. The van der Waals surface area contributed by atoms with Crippen molar-refractivity contribution in [1.82, 2.24) is 0 Å².